The highest BCUT2D eigenvalue weighted by molar-refractivity contribution is 5.86. The van der Waals surface area contributed by atoms with E-state index in [1.807, 2.05) is 24.3 Å². The van der Waals surface area contributed by atoms with Crippen LogP contribution in [0.3, 0.4) is 0 Å². The van der Waals surface area contributed by atoms with Gasteiger partial charge in [0.25, 0.3) is 0 Å². The first-order valence-electron chi connectivity index (χ1n) is 12.9. The number of hydrogen-bond acceptors (Lipinski definition) is 4. The number of carbonyl (C=O) groups is 1. The Kier molecular flexibility index (Phi) is 8.32. The SMILES string of the molecule is CC#C[C@@H](CC(=O)O)c1ccc(OCc2ccc3c(CN4CCCC4)nn(CC(C)C)c3c2C)cc1. The van der Waals surface area contributed by atoms with Gasteiger partial charge >= 0.3 is 5.97 Å². The van der Waals surface area contributed by atoms with Crippen molar-refractivity contribution in [2.45, 2.75) is 72.6 Å². The molecule has 1 saturated heterocycles. The van der Waals surface area contributed by atoms with E-state index in [1.165, 1.54) is 35.0 Å². The highest BCUT2D eigenvalue weighted by Gasteiger charge is 2.20. The summed E-state index contributed by atoms with van der Waals surface area (Å²) in [4.78, 5) is 13.7. The molecule has 0 aliphatic carbocycles. The number of benzene rings is 2. The zero-order valence-electron chi connectivity index (χ0n) is 21.9. The van der Waals surface area contributed by atoms with Gasteiger partial charge in [-0.25, -0.2) is 0 Å². The maximum absolute atomic E-state index is 11.2. The summed E-state index contributed by atoms with van der Waals surface area (Å²) in [6.07, 6.45) is 2.54. The van der Waals surface area contributed by atoms with Gasteiger partial charge in [-0.3, -0.25) is 14.4 Å². The molecule has 1 aliphatic rings. The summed E-state index contributed by atoms with van der Waals surface area (Å²) < 4.78 is 8.33. The molecule has 3 aromatic rings. The van der Waals surface area contributed by atoms with Crippen molar-refractivity contribution in [1.82, 2.24) is 14.7 Å². The van der Waals surface area contributed by atoms with Gasteiger partial charge in [0.1, 0.15) is 12.4 Å². The summed E-state index contributed by atoms with van der Waals surface area (Å²) in [7, 11) is 0. The maximum atomic E-state index is 11.2. The normalized spacial score (nSPS) is 14.7. The molecule has 0 amide bonds. The van der Waals surface area contributed by atoms with Crippen LogP contribution < -0.4 is 4.74 Å². The number of aliphatic carboxylic acids is 1. The first-order chi connectivity index (χ1) is 17.4. The van der Waals surface area contributed by atoms with Crippen LogP contribution in [-0.2, 0) is 24.5 Å². The predicted octanol–water partition coefficient (Wildman–Crippen LogP) is 5.76. The Balaban J connectivity index is 1.54. The molecule has 0 saturated carbocycles. The molecule has 0 spiro atoms. The van der Waals surface area contributed by atoms with Crippen molar-refractivity contribution in [3.05, 3.63) is 58.8 Å². The monoisotopic (exact) mass is 487 g/mol. The van der Waals surface area contributed by atoms with Crippen LogP contribution in [0.15, 0.2) is 36.4 Å². The molecule has 1 atom stereocenters. The van der Waals surface area contributed by atoms with E-state index < -0.39 is 5.97 Å². The van der Waals surface area contributed by atoms with E-state index in [4.69, 9.17) is 9.84 Å². The minimum Gasteiger partial charge on any atom is -0.489 e. The Morgan fingerprint density at radius 3 is 2.50 bits per heavy atom. The van der Waals surface area contributed by atoms with Crippen molar-refractivity contribution in [2.75, 3.05) is 13.1 Å². The minimum atomic E-state index is -0.853. The summed E-state index contributed by atoms with van der Waals surface area (Å²) in [5.74, 6) is 5.92. The van der Waals surface area contributed by atoms with Gasteiger partial charge in [0.2, 0.25) is 0 Å². The molecular weight excluding hydrogens is 450 g/mol. The van der Waals surface area contributed by atoms with Crippen molar-refractivity contribution < 1.29 is 14.6 Å². The summed E-state index contributed by atoms with van der Waals surface area (Å²) in [6.45, 7) is 12.9. The van der Waals surface area contributed by atoms with E-state index in [-0.39, 0.29) is 12.3 Å². The van der Waals surface area contributed by atoms with Crippen molar-refractivity contribution in [3.8, 4) is 17.6 Å². The fourth-order valence-corrected chi connectivity index (χ4v) is 5.02. The van der Waals surface area contributed by atoms with Crippen LogP contribution in [0.4, 0.5) is 0 Å². The van der Waals surface area contributed by atoms with E-state index >= 15 is 0 Å². The second-order valence-electron chi connectivity index (χ2n) is 10.2. The Hall–Kier alpha value is -3.30. The predicted molar refractivity (Wildman–Crippen MR) is 143 cm³/mol. The van der Waals surface area contributed by atoms with Gasteiger partial charge in [-0.1, -0.05) is 44.0 Å². The molecule has 0 unspecified atom stereocenters. The van der Waals surface area contributed by atoms with Gasteiger partial charge < -0.3 is 9.84 Å². The van der Waals surface area contributed by atoms with Crippen LogP contribution in [0.5, 0.6) is 5.75 Å². The third-order valence-electron chi connectivity index (χ3n) is 6.84. The molecule has 190 valence electrons. The molecule has 2 aromatic carbocycles. The molecule has 0 bridgehead atoms. The van der Waals surface area contributed by atoms with Gasteiger partial charge in [-0.05, 0) is 74.5 Å². The number of likely N-dealkylation sites (tertiary alicyclic amines) is 1. The molecule has 36 heavy (non-hydrogen) atoms. The smallest absolute Gasteiger partial charge is 0.304 e. The Morgan fingerprint density at radius 1 is 1.14 bits per heavy atom. The Labute approximate surface area is 214 Å². The van der Waals surface area contributed by atoms with Crippen molar-refractivity contribution in [2.24, 2.45) is 5.92 Å². The molecule has 1 aliphatic heterocycles. The van der Waals surface area contributed by atoms with Gasteiger partial charge in [0.15, 0.2) is 0 Å². The molecule has 6 heteroatoms. The number of rotatable bonds is 10. The molecular formula is C30H37N3O3. The minimum absolute atomic E-state index is 0.00986. The fraction of sp³-hybridized carbons (Fsp3) is 0.467. The number of fused-ring (bicyclic) bond motifs is 1. The van der Waals surface area contributed by atoms with Crippen molar-refractivity contribution in [3.63, 3.8) is 0 Å². The summed E-state index contributed by atoms with van der Waals surface area (Å²) in [6, 6.07) is 12.0. The third-order valence-corrected chi connectivity index (χ3v) is 6.84. The molecule has 1 N–H and O–H groups in total. The topological polar surface area (TPSA) is 67.6 Å². The lowest BCUT2D eigenvalue weighted by atomic mass is 9.96. The van der Waals surface area contributed by atoms with Crippen LogP contribution in [0, 0.1) is 24.7 Å². The van der Waals surface area contributed by atoms with Crippen LogP contribution >= 0.6 is 0 Å². The zero-order chi connectivity index (χ0) is 25.7. The molecule has 4 rings (SSSR count). The quantitative estimate of drug-likeness (QED) is 0.369. The Bertz CT molecular complexity index is 1260. The lowest BCUT2D eigenvalue weighted by molar-refractivity contribution is -0.137. The standard InChI is InChI=1S/C30H37N3O3/c1-5-8-24(17-29(34)35)23-9-12-26(13-10-23)36-20-25-11-14-27-28(19-32-15-6-7-16-32)31-33(18-21(2)3)30(27)22(25)4/h9-14,21,24H,6-7,15-20H2,1-4H3,(H,34,35)/t24-/m0/s1. The number of hydrogen-bond donors (Lipinski definition) is 1. The Morgan fingerprint density at radius 2 is 1.86 bits per heavy atom. The van der Waals surface area contributed by atoms with E-state index in [0.29, 0.717) is 12.5 Å². The molecule has 6 nitrogen and oxygen atoms in total. The first-order valence-corrected chi connectivity index (χ1v) is 12.9. The molecule has 2 heterocycles. The average molecular weight is 488 g/mol. The maximum Gasteiger partial charge on any atom is 0.304 e. The van der Waals surface area contributed by atoms with E-state index in [2.05, 4.69) is 54.3 Å². The average Bonchev–Trinajstić information content (AvgIpc) is 3.47. The largest absolute Gasteiger partial charge is 0.489 e. The van der Waals surface area contributed by atoms with Crippen molar-refractivity contribution in [1.29, 1.82) is 0 Å². The molecule has 1 fully saturated rings. The number of aryl methyl sites for hydroxylation is 1. The van der Waals surface area contributed by atoms with Crippen LogP contribution in [0.25, 0.3) is 10.9 Å². The van der Waals surface area contributed by atoms with E-state index in [0.717, 1.165) is 43.1 Å². The van der Waals surface area contributed by atoms with Gasteiger partial charge in [0, 0.05) is 18.5 Å². The van der Waals surface area contributed by atoms with Gasteiger partial charge in [-0.15, -0.1) is 5.92 Å². The number of aromatic nitrogens is 2. The summed E-state index contributed by atoms with van der Waals surface area (Å²) in [5, 5.41) is 15.5. The fourth-order valence-electron chi connectivity index (χ4n) is 5.02. The van der Waals surface area contributed by atoms with Gasteiger partial charge in [0.05, 0.1) is 23.5 Å². The van der Waals surface area contributed by atoms with E-state index in [9.17, 15) is 9.90 Å². The molecule has 0 radical (unpaired) electrons. The zero-order valence-corrected chi connectivity index (χ0v) is 21.9. The number of carboxylic acid groups (broad SMARTS) is 1. The van der Waals surface area contributed by atoms with Gasteiger partial charge in [-0.2, -0.15) is 5.10 Å². The third kappa shape index (κ3) is 6.09. The lowest BCUT2D eigenvalue weighted by Crippen LogP contribution is -2.19. The highest BCUT2D eigenvalue weighted by atomic mass is 16.5. The second-order valence-corrected chi connectivity index (χ2v) is 10.2. The van der Waals surface area contributed by atoms with Crippen LogP contribution in [-0.4, -0.2) is 38.8 Å². The highest BCUT2D eigenvalue weighted by Crippen LogP contribution is 2.29. The van der Waals surface area contributed by atoms with Crippen LogP contribution in [0.2, 0.25) is 0 Å². The van der Waals surface area contributed by atoms with E-state index in [1.54, 1.807) is 6.92 Å². The first kappa shape index (κ1) is 25.8. The number of ether oxygens (including phenoxy) is 1. The summed E-state index contributed by atoms with van der Waals surface area (Å²) >= 11 is 0. The molecule has 1 aromatic heterocycles. The summed E-state index contributed by atoms with van der Waals surface area (Å²) in [5.41, 5.74) is 5.63. The lowest BCUT2D eigenvalue weighted by Gasteiger charge is -2.14. The number of carboxylic acids is 1. The second kappa shape index (κ2) is 11.6. The number of nitrogens with zero attached hydrogens (tertiary/aromatic N) is 3. The van der Waals surface area contributed by atoms with Crippen molar-refractivity contribution >= 4 is 16.9 Å². The van der Waals surface area contributed by atoms with Crippen LogP contribution in [0.1, 0.15) is 68.3 Å².